The molecule has 0 aliphatic rings. The molecule has 2 N–H and O–H groups in total. The minimum absolute atomic E-state index is 0. The molecule has 0 heterocycles. The van der Waals surface area contributed by atoms with Crippen molar-refractivity contribution in [1.29, 1.82) is 0 Å². The van der Waals surface area contributed by atoms with Crippen LogP contribution >= 0.6 is 0 Å². The van der Waals surface area contributed by atoms with Crippen LogP contribution in [-0.2, 0) is 9.59 Å². The monoisotopic (exact) mass is 230 g/mol. The third-order valence-electron chi connectivity index (χ3n) is 2.54. The summed E-state index contributed by atoms with van der Waals surface area (Å²) in [6, 6.07) is 0. The molecule has 0 aliphatic carbocycles. The van der Waals surface area contributed by atoms with Gasteiger partial charge in [0.15, 0.2) is 5.41 Å². The Labute approximate surface area is 114 Å². The summed E-state index contributed by atoms with van der Waals surface area (Å²) in [7, 11) is 0. The molecule has 14 heavy (non-hydrogen) atoms. The molecule has 0 aromatic rings. The van der Waals surface area contributed by atoms with Crippen molar-refractivity contribution in [2.24, 2.45) is 10.8 Å². The van der Waals surface area contributed by atoms with E-state index < -0.39 is 22.8 Å². The summed E-state index contributed by atoms with van der Waals surface area (Å²) in [5, 5.41) is 17.9. The van der Waals surface area contributed by atoms with Crippen molar-refractivity contribution in [3.8, 4) is 0 Å². The Kier molecular flexibility index (Phi) is 6.33. The van der Waals surface area contributed by atoms with E-state index in [1.807, 2.05) is 0 Å². The molecule has 0 saturated carbocycles. The molecule has 0 rings (SSSR count). The van der Waals surface area contributed by atoms with E-state index in [0.29, 0.717) is 0 Å². The van der Waals surface area contributed by atoms with Gasteiger partial charge >= 0.3 is 49.7 Å². The number of hydrogen-bond donors (Lipinski definition) is 2. The molecule has 0 aromatic heterocycles. The fraction of sp³-hybridized carbons (Fsp3) is 0.778. The van der Waals surface area contributed by atoms with Crippen molar-refractivity contribution in [2.45, 2.75) is 34.1 Å². The van der Waals surface area contributed by atoms with E-state index >= 15 is 0 Å². The van der Waals surface area contributed by atoms with Crippen LogP contribution in [-0.4, -0.2) is 59.9 Å². The maximum absolute atomic E-state index is 11.0. The van der Waals surface area contributed by atoms with Gasteiger partial charge < -0.3 is 10.2 Å². The predicted molar refractivity (Wildman–Crippen MR) is 56.0 cm³/mol. The number of carbonyl (C=O) groups is 2. The van der Waals surface area contributed by atoms with Crippen molar-refractivity contribution in [2.75, 3.05) is 0 Å². The Bertz CT molecular complexity index is 215. The quantitative estimate of drug-likeness (QED) is 0.552. The Morgan fingerprint density at radius 3 is 1.36 bits per heavy atom. The first-order chi connectivity index (χ1) is 5.70. The summed E-state index contributed by atoms with van der Waals surface area (Å²) in [6.45, 7) is 6.45. The predicted octanol–water partition coefficient (Wildman–Crippen LogP) is 0.682. The number of carboxylic acids is 2. The van der Waals surface area contributed by atoms with Crippen molar-refractivity contribution in [3.63, 3.8) is 0 Å². The molecule has 0 aliphatic heterocycles. The first-order valence-electron chi connectivity index (χ1n) is 4.17. The second kappa shape index (κ2) is 5.33. The van der Waals surface area contributed by atoms with Gasteiger partial charge in [-0.3, -0.25) is 9.59 Å². The van der Waals surface area contributed by atoms with E-state index in [1.54, 1.807) is 27.7 Å². The summed E-state index contributed by atoms with van der Waals surface area (Å²) >= 11 is 0. The average molecular weight is 230 g/mol. The Hall–Kier alpha value is 0.200. The molecule has 0 unspecified atom stereocenters. The first kappa shape index (κ1) is 16.6. The van der Waals surface area contributed by atoms with Crippen LogP contribution in [0.1, 0.15) is 34.1 Å². The van der Waals surface area contributed by atoms with Gasteiger partial charge in [-0.1, -0.05) is 27.7 Å². The topological polar surface area (TPSA) is 74.6 Å². The van der Waals surface area contributed by atoms with Crippen LogP contribution in [0.15, 0.2) is 0 Å². The van der Waals surface area contributed by atoms with Crippen molar-refractivity contribution in [3.05, 3.63) is 0 Å². The third kappa shape index (κ3) is 2.61. The van der Waals surface area contributed by atoms with Crippen LogP contribution in [0.4, 0.5) is 0 Å². The van der Waals surface area contributed by atoms with Gasteiger partial charge in [0.1, 0.15) is 0 Å². The second-order valence-electron chi connectivity index (χ2n) is 4.12. The van der Waals surface area contributed by atoms with Crippen LogP contribution < -0.4 is 0 Å². The fourth-order valence-corrected chi connectivity index (χ4v) is 1.57. The fourth-order valence-electron chi connectivity index (χ4n) is 1.57. The van der Waals surface area contributed by atoms with Gasteiger partial charge in [0.05, 0.1) is 0 Å². The normalized spacial score (nSPS) is 11.7. The van der Waals surface area contributed by atoms with Gasteiger partial charge in [-0.25, -0.2) is 0 Å². The Morgan fingerprint density at radius 2 is 1.36 bits per heavy atom. The second-order valence-corrected chi connectivity index (χ2v) is 4.12. The Morgan fingerprint density at radius 1 is 1.07 bits per heavy atom. The van der Waals surface area contributed by atoms with Crippen LogP contribution in [0, 0.1) is 10.8 Å². The molecule has 0 bridgehead atoms. The van der Waals surface area contributed by atoms with Crippen LogP contribution in [0.5, 0.6) is 0 Å². The van der Waals surface area contributed by atoms with Gasteiger partial charge in [-0.2, -0.15) is 0 Å². The number of hydrogen-bond acceptors (Lipinski definition) is 2. The van der Waals surface area contributed by atoms with Crippen molar-refractivity contribution >= 4 is 49.7 Å². The van der Waals surface area contributed by atoms with E-state index in [0.717, 1.165) is 0 Å². The van der Waals surface area contributed by atoms with Gasteiger partial charge in [0.25, 0.3) is 0 Å². The van der Waals surface area contributed by atoms with E-state index in [9.17, 15) is 9.59 Å². The standard InChI is InChI=1S/C9H16O4.Ca.2H/c1-5-9(6(10)11,7(12)13)8(2,3)4;;;/h5H2,1-4H3,(H,10,11)(H,12,13);;;. The summed E-state index contributed by atoms with van der Waals surface area (Å²) in [4.78, 5) is 21.9. The molecular weight excluding hydrogens is 212 g/mol. The summed E-state index contributed by atoms with van der Waals surface area (Å²) < 4.78 is 0. The number of aliphatic carboxylic acids is 2. The number of carboxylic acid groups (broad SMARTS) is 2. The van der Waals surface area contributed by atoms with E-state index in [1.165, 1.54) is 0 Å². The molecule has 5 heteroatoms. The maximum atomic E-state index is 11.0. The third-order valence-corrected chi connectivity index (χ3v) is 2.54. The zero-order valence-electron chi connectivity index (χ0n) is 8.42. The van der Waals surface area contributed by atoms with Gasteiger partial charge in [0, 0.05) is 0 Å². The molecule has 80 valence electrons. The average Bonchev–Trinajstić information content (AvgIpc) is 1.83. The number of rotatable bonds is 3. The van der Waals surface area contributed by atoms with Crippen LogP contribution in [0.2, 0.25) is 0 Å². The van der Waals surface area contributed by atoms with E-state index in [-0.39, 0.29) is 44.2 Å². The first-order valence-corrected chi connectivity index (χ1v) is 4.17. The molecule has 0 spiro atoms. The van der Waals surface area contributed by atoms with Gasteiger partial charge in [-0.05, 0) is 11.8 Å². The molecule has 0 saturated heterocycles. The molecule has 0 atom stereocenters. The van der Waals surface area contributed by atoms with Crippen LogP contribution in [0.3, 0.4) is 0 Å². The van der Waals surface area contributed by atoms with Crippen molar-refractivity contribution in [1.82, 2.24) is 0 Å². The molecule has 4 nitrogen and oxygen atoms in total. The Balaban J connectivity index is 0. The van der Waals surface area contributed by atoms with Gasteiger partial charge in [-0.15, -0.1) is 0 Å². The van der Waals surface area contributed by atoms with E-state index in [2.05, 4.69) is 0 Å². The zero-order chi connectivity index (χ0) is 10.9. The van der Waals surface area contributed by atoms with Crippen molar-refractivity contribution < 1.29 is 19.8 Å². The summed E-state index contributed by atoms with van der Waals surface area (Å²) in [6.07, 6.45) is 0.0845. The zero-order valence-corrected chi connectivity index (χ0v) is 8.42. The van der Waals surface area contributed by atoms with Crippen LogP contribution in [0.25, 0.3) is 0 Å². The molecule has 0 fully saturated rings. The molecule has 0 aromatic carbocycles. The summed E-state index contributed by atoms with van der Waals surface area (Å²) in [5.41, 5.74) is -2.48. The SMILES string of the molecule is CCC(C(=O)O)(C(=O)O)C(C)(C)C.[CaH2]. The van der Waals surface area contributed by atoms with E-state index in [4.69, 9.17) is 10.2 Å². The van der Waals surface area contributed by atoms with Gasteiger partial charge in [0.2, 0.25) is 0 Å². The molecular formula is C9H18CaO4. The minimum atomic E-state index is -1.69. The molecule has 0 radical (unpaired) electrons. The molecule has 0 amide bonds. The summed E-state index contributed by atoms with van der Waals surface area (Å²) in [5.74, 6) is -2.54.